The molecule has 0 bridgehead atoms. The smallest absolute Gasteiger partial charge is 0.255 e. The molecule has 4 aromatic carbocycles. The molecular formula is C31H24FN3O2S2. The Hall–Kier alpha value is -4.27. The van der Waals surface area contributed by atoms with E-state index in [1.54, 1.807) is 12.1 Å². The van der Waals surface area contributed by atoms with Crippen molar-refractivity contribution in [2.45, 2.75) is 17.1 Å². The highest BCUT2D eigenvalue weighted by atomic mass is 32.2. The average molecular weight is 554 g/mol. The number of anilines is 2. The van der Waals surface area contributed by atoms with Gasteiger partial charge in [-0.2, -0.15) is 0 Å². The van der Waals surface area contributed by atoms with E-state index in [0.29, 0.717) is 16.4 Å². The van der Waals surface area contributed by atoms with Crippen LogP contribution in [0.2, 0.25) is 0 Å². The highest BCUT2D eigenvalue weighted by Gasteiger charge is 2.23. The number of carbonyl (C=O) groups excluding carboxylic acids is 2. The molecule has 0 spiro atoms. The van der Waals surface area contributed by atoms with Crippen LogP contribution in [-0.2, 0) is 4.79 Å². The number of carbonyl (C=O) groups is 2. The molecule has 2 N–H and O–H groups in total. The summed E-state index contributed by atoms with van der Waals surface area (Å²) in [6.07, 6.45) is 0. The van der Waals surface area contributed by atoms with Gasteiger partial charge < -0.3 is 10.6 Å². The summed E-state index contributed by atoms with van der Waals surface area (Å²) in [5, 5.41) is 7.75. The summed E-state index contributed by atoms with van der Waals surface area (Å²) in [4.78, 5) is 31.4. The molecule has 0 aliphatic carbocycles. The molecule has 194 valence electrons. The minimum atomic E-state index is -0.516. The number of hydrogen-bond acceptors (Lipinski definition) is 5. The number of aryl methyl sites for hydroxylation is 1. The van der Waals surface area contributed by atoms with Gasteiger partial charge in [0.2, 0.25) is 5.91 Å². The quantitative estimate of drug-likeness (QED) is 0.191. The van der Waals surface area contributed by atoms with E-state index in [2.05, 4.69) is 15.6 Å². The Labute approximate surface area is 234 Å². The van der Waals surface area contributed by atoms with Crippen LogP contribution in [0.4, 0.5) is 15.2 Å². The van der Waals surface area contributed by atoms with Gasteiger partial charge in [0.15, 0.2) is 5.13 Å². The van der Waals surface area contributed by atoms with Crippen LogP contribution in [0.15, 0.2) is 113 Å². The number of rotatable bonds is 8. The van der Waals surface area contributed by atoms with Gasteiger partial charge in [-0.3, -0.25) is 9.59 Å². The van der Waals surface area contributed by atoms with Gasteiger partial charge in [-0.05, 0) is 61.0 Å². The topological polar surface area (TPSA) is 71.1 Å². The fourth-order valence-corrected chi connectivity index (χ4v) is 5.56. The number of nitrogens with one attached hydrogen (secondary N) is 2. The molecule has 1 unspecified atom stereocenters. The summed E-state index contributed by atoms with van der Waals surface area (Å²) >= 11 is 2.80. The van der Waals surface area contributed by atoms with Crippen molar-refractivity contribution in [2.24, 2.45) is 0 Å². The molecule has 0 aliphatic rings. The fourth-order valence-electron chi connectivity index (χ4n) is 3.82. The average Bonchev–Trinajstić information content (AvgIpc) is 3.42. The van der Waals surface area contributed by atoms with Gasteiger partial charge in [0.1, 0.15) is 11.1 Å². The van der Waals surface area contributed by atoms with Crippen LogP contribution in [0.3, 0.4) is 0 Å². The highest BCUT2D eigenvalue weighted by molar-refractivity contribution is 8.00. The van der Waals surface area contributed by atoms with Crippen molar-refractivity contribution in [2.75, 3.05) is 10.6 Å². The molecule has 5 rings (SSSR count). The molecule has 1 atom stereocenters. The molecule has 1 aromatic heterocycles. The van der Waals surface area contributed by atoms with Crippen LogP contribution in [0, 0.1) is 12.7 Å². The monoisotopic (exact) mass is 553 g/mol. The van der Waals surface area contributed by atoms with Crippen molar-refractivity contribution in [3.05, 3.63) is 131 Å². The highest BCUT2D eigenvalue weighted by Crippen LogP contribution is 2.37. The summed E-state index contributed by atoms with van der Waals surface area (Å²) in [5.74, 6) is -0.901. The van der Waals surface area contributed by atoms with Crippen molar-refractivity contribution in [3.63, 3.8) is 0 Å². The number of amides is 2. The van der Waals surface area contributed by atoms with E-state index in [-0.39, 0.29) is 11.8 Å². The van der Waals surface area contributed by atoms with Crippen molar-refractivity contribution in [1.82, 2.24) is 4.98 Å². The predicted octanol–water partition coefficient (Wildman–Crippen LogP) is 7.98. The molecule has 39 heavy (non-hydrogen) atoms. The van der Waals surface area contributed by atoms with Gasteiger partial charge in [-0.15, -0.1) is 23.1 Å². The lowest BCUT2D eigenvalue weighted by molar-refractivity contribution is -0.115. The molecule has 0 fully saturated rings. The second kappa shape index (κ2) is 12.1. The second-order valence-electron chi connectivity index (χ2n) is 8.79. The first kappa shape index (κ1) is 26.3. The Morgan fingerprint density at radius 3 is 2.23 bits per heavy atom. The minimum Gasteiger partial charge on any atom is -0.322 e. The van der Waals surface area contributed by atoms with E-state index in [9.17, 15) is 14.0 Å². The fraction of sp³-hybridized carbons (Fsp3) is 0.0645. The third kappa shape index (κ3) is 6.79. The van der Waals surface area contributed by atoms with Crippen LogP contribution in [0.1, 0.15) is 26.7 Å². The van der Waals surface area contributed by atoms with E-state index < -0.39 is 11.1 Å². The Bertz CT molecular complexity index is 1570. The first-order chi connectivity index (χ1) is 18.9. The Balaban J connectivity index is 1.29. The first-order valence-electron chi connectivity index (χ1n) is 12.2. The summed E-state index contributed by atoms with van der Waals surface area (Å²) < 4.78 is 13.1. The lowest BCUT2D eigenvalue weighted by Crippen LogP contribution is -2.19. The standard InChI is InChI=1S/C31H24FN3O2S2/c1-20-7-9-21(10-8-20)27-19-38-31(34-27)35-30(37)28(22-5-3-2-4-6-22)39-26-17-15-25(16-18-26)33-29(36)23-11-13-24(32)14-12-23/h2-19,28H,1H3,(H,33,36)(H,34,35,37). The van der Waals surface area contributed by atoms with E-state index in [4.69, 9.17) is 0 Å². The largest absolute Gasteiger partial charge is 0.322 e. The number of hydrogen-bond donors (Lipinski definition) is 2. The first-order valence-corrected chi connectivity index (χ1v) is 13.9. The van der Waals surface area contributed by atoms with Gasteiger partial charge in [0.25, 0.3) is 5.91 Å². The molecule has 0 saturated carbocycles. The molecule has 1 heterocycles. The summed E-state index contributed by atoms with van der Waals surface area (Å²) in [6.45, 7) is 2.04. The van der Waals surface area contributed by atoms with Crippen molar-refractivity contribution < 1.29 is 14.0 Å². The third-order valence-corrected chi connectivity index (χ3v) is 7.92. The van der Waals surface area contributed by atoms with Crippen LogP contribution < -0.4 is 10.6 Å². The number of thiazole rings is 1. The van der Waals surface area contributed by atoms with Gasteiger partial charge in [-0.25, -0.2) is 9.37 Å². The van der Waals surface area contributed by atoms with Crippen LogP contribution in [0.25, 0.3) is 11.3 Å². The molecule has 0 radical (unpaired) electrons. The third-order valence-electron chi connectivity index (χ3n) is 5.89. The van der Waals surface area contributed by atoms with Crippen molar-refractivity contribution >= 4 is 45.7 Å². The number of benzene rings is 4. The molecule has 2 amide bonds. The van der Waals surface area contributed by atoms with Crippen molar-refractivity contribution in [1.29, 1.82) is 0 Å². The van der Waals surface area contributed by atoms with Gasteiger partial charge in [0, 0.05) is 27.1 Å². The van der Waals surface area contributed by atoms with E-state index in [0.717, 1.165) is 21.7 Å². The molecule has 0 saturated heterocycles. The Morgan fingerprint density at radius 2 is 1.54 bits per heavy atom. The molecule has 5 aromatic rings. The zero-order valence-corrected chi connectivity index (χ0v) is 22.6. The van der Waals surface area contributed by atoms with Crippen molar-refractivity contribution in [3.8, 4) is 11.3 Å². The Kier molecular flexibility index (Phi) is 8.15. The second-order valence-corrected chi connectivity index (χ2v) is 10.8. The van der Waals surface area contributed by atoms with Crippen LogP contribution in [-0.4, -0.2) is 16.8 Å². The number of nitrogens with zero attached hydrogens (tertiary/aromatic N) is 1. The lowest BCUT2D eigenvalue weighted by Gasteiger charge is -2.16. The maximum absolute atomic E-state index is 13.5. The maximum atomic E-state index is 13.5. The van der Waals surface area contributed by atoms with Gasteiger partial charge in [-0.1, -0.05) is 60.2 Å². The summed E-state index contributed by atoms with van der Waals surface area (Å²) in [5.41, 5.74) is 4.82. The normalized spacial score (nSPS) is 11.5. The number of aromatic nitrogens is 1. The molecule has 0 aliphatic heterocycles. The van der Waals surface area contributed by atoms with Gasteiger partial charge in [0.05, 0.1) is 5.69 Å². The van der Waals surface area contributed by atoms with E-state index in [1.807, 2.05) is 79.0 Å². The molecule has 5 nitrogen and oxygen atoms in total. The predicted molar refractivity (Wildman–Crippen MR) is 157 cm³/mol. The Morgan fingerprint density at radius 1 is 0.846 bits per heavy atom. The van der Waals surface area contributed by atoms with E-state index in [1.165, 1.54) is 52.9 Å². The van der Waals surface area contributed by atoms with Gasteiger partial charge >= 0.3 is 0 Å². The van der Waals surface area contributed by atoms with E-state index >= 15 is 0 Å². The summed E-state index contributed by atoms with van der Waals surface area (Å²) in [6, 6.07) is 30.3. The van der Waals surface area contributed by atoms with Crippen LogP contribution in [0.5, 0.6) is 0 Å². The zero-order valence-electron chi connectivity index (χ0n) is 20.9. The number of halogens is 1. The zero-order chi connectivity index (χ0) is 27.2. The minimum absolute atomic E-state index is 0.176. The lowest BCUT2D eigenvalue weighted by atomic mass is 10.1. The maximum Gasteiger partial charge on any atom is 0.255 e. The molecular weight excluding hydrogens is 529 g/mol. The molecule has 8 heteroatoms. The van der Waals surface area contributed by atoms with Crippen LogP contribution >= 0.6 is 23.1 Å². The SMILES string of the molecule is Cc1ccc(-c2csc(NC(=O)C(Sc3ccc(NC(=O)c4ccc(F)cc4)cc3)c3ccccc3)n2)cc1. The summed E-state index contributed by atoms with van der Waals surface area (Å²) in [7, 11) is 0. The number of thioether (sulfide) groups is 1.